The van der Waals surface area contributed by atoms with Crippen LogP contribution < -0.4 is 11.1 Å². The number of nitrogens with one attached hydrogen (secondary N) is 1. The molecule has 1 saturated carbocycles. The number of benzene rings is 1. The van der Waals surface area contributed by atoms with Gasteiger partial charge in [0.05, 0.1) is 0 Å². The maximum absolute atomic E-state index is 12.8. The van der Waals surface area contributed by atoms with Crippen LogP contribution in [0, 0.1) is 5.92 Å². The molecule has 0 aromatic heterocycles. The topological polar surface area (TPSA) is 75.4 Å². The van der Waals surface area contributed by atoms with Crippen LogP contribution in [0.2, 0.25) is 0 Å². The molecule has 0 heterocycles. The van der Waals surface area contributed by atoms with E-state index in [4.69, 9.17) is 5.73 Å². The summed E-state index contributed by atoms with van der Waals surface area (Å²) in [5, 5.41) is 3.14. The molecule has 3 N–H and O–H groups in total. The zero-order valence-corrected chi connectivity index (χ0v) is 17.4. The van der Waals surface area contributed by atoms with Crippen molar-refractivity contribution in [2.45, 2.75) is 58.4 Å². The lowest BCUT2D eigenvalue weighted by Crippen LogP contribution is -2.44. The van der Waals surface area contributed by atoms with E-state index in [1.807, 2.05) is 4.90 Å². The standard InChI is InChI=1S/C21H33N3O2.ClH/c1-3-12-24(13-4-2)21(26)17-10-7-9-16(14-17)20(25)23-19-11-6-5-8-18(19)15-22;/h7,9-10,14,18-19H,3-6,8,11-13,15,22H2,1-2H3,(H,23,25);1H. The SMILES string of the molecule is CCCN(CCC)C(=O)c1cccc(C(=O)NC2CCCCC2CN)c1.Cl. The first-order chi connectivity index (χ1) is 12.6. The van der Waals surface area contributed by atoms with E-state index in [0.717, 1.165) is 45.2 Å². The molecule has 27 heavy (non-hydrogen) atoms. The molecule has 0 spiro atoms. The Hall–Kier alpha value is -1.59. The third kappa shape index (κ3) is 6.51. The number of rotatable bonds is 8. The summed E-state index contributed by atoms with van der Waals surface area (Å²) in [4.78, 5) is 27.3. The molecule has 6 heteroatoms. The van der Waals surface area contributed by atoms with Gasteiger partial charge in [0.15, 0.2) is 0 Å². The van der Waals surface area contributed by atoms with Crippen LogP contribution in [0.4, 0.5) is 0 Å². The van der Waals surface area contributed by atoms with Crippen molar-refractivity contribution in [3.63, 3.8) is 0 Å². The van der Waals surface area contributed by atoms with Gasteiger partial charge in [0.2, 0.25) is 0 Å². The minimum Gasteiger partial charge on any atom is -0.349 e. The summed E-state index contributed by atoms with van der Waals surface area (Å²) in [5.74, 6) is 0.241. The molecule has 1 fully saturated rings. The van der Waals surface area contributed by atoms with E-state index in [1.165, 1.54) is 6.42 Å². The van der Waals surface area contributed by atoms with Crippen LogP contribution in [0.1, 0.15) is 73.1 Å². The fraction of sp³-hybridized carbons (Fsp3) is 0.619. The predicted octanol–water partition coefficient (Wildman–Crippen LogP) is 3.62. The lowest BCUT2D eigenvalue weighted by Gasteiger charge is -2.31. The van der Waals surface area contributed by atoms with Gasteiger partial charge in [-0.2, -0.15) is 0 Å². The zero-order chi connectivity index (χ0) is 18.9. The zero-order valence-electron chi connectivity index (χ0n) is 16.6. The Morgan fingerprint density at radius 2 is 1.74 bits per heavy atom. The van der Waals surface area contributed by atoms with E-state index in [0.29, 0.717) is 23.6 Å². The van der Waals surface area contributed by atoms with Crippen molar-refractivity contribution in [2.24, 2.45) is 11.7 Å². The minimum absolute atomic E-state index is 0. The molecule has 0 saturated heterocycles. The Balaban J connectivity index is 0.00000364. The fourth-order valence-corrected chi connectivity index (χ4v) is 3.76. The van der Waals surface area contributed by atoms with Gasteiger partial charge in [-0.1, -0.05) is 32.8 Å². The van der Waals surface area contributed by atoms with E-state index >= 15 is 0 Å². The summed E-state index contributed by atoms with van der Waals surface area (Å²) in [7, 11) is 0. The summed E-state index contributed by atoms with van der Waals surface area (Å²) in [6.07, 6.45) is 6.21. The minimum atomic E-state index is -0.109. The highest BCUT2D eigenvalue weighted by atomic mass is 35.5. The summed E-state index contributed by atoms with van der Waals surface area (Å²) >= 11 is 0. The van der Waals surface area contributed by atoms with Gasteiger partial charge >= 0.3 is 0 Å². The van der Waals surface area contributed by atoms with Crippen LogP contribution in [-0.4, -0.2) is 42.4 Å². The molecule has 0 aliphatic heterocycles. The van der Waals surface area contributed by atoms with Gasteiger partial charge in [0, 0.05) is 30.3 Å². The van der Waals surface area contributed by atoms with Crippen molar-refractivity contribution in [2.75, 3.05) is 19.6 Å². The van der Waals surface area contributed by atoms with Crippen LogP contribution >= 0.6 is 12.4 Å². The number of carbonyl (C=O) groups excluding carboxylic acids is 2. The fourth-order valence-electron chi connectivity index (χ4n) is 3.76. The second kappa shape index (κ2) is 12.0. The molecule has 1 aromatic carbocycles. The molecule has 1 aliphatic rings. The Bertz CT molecular complexity index is 603. The first-order valence-corrected chi connectivity index (χ1v) is 10.0. The summed E-state index contributed by atoms with van der Waals surface area (Å²) in [5.41, 5.74) is 6.99. The predicted molar refractivity (Wildman–Crippen MR) is 112 cm³/mol. The summed E-state index contributed by atoms with van der Waals surface area (Å²) in [6, 6.07) is 7.21. The molecular formula is C21H34ClN3O2. The monoisotopic (exact) mass is 395 g/mol. The van der Waals surface area contributed by atoms with Crippen LogP contribution in [0.15, 0.2) is 24.3 Å². The van der Waals surface area contributed by atoms with Gasteiger partial charge < -0.3 is 16.0 Å². The Morgan fingerprint density at radius 3 is 2.37 bits per heavy atom. The second-order valence-corrected chi connectivity index (χ2v) is 7.23. The van der Waals surface area contributed by atoms with Gasteiger partial charge in [-0.05, 0) is 56.3 Å². The van der Waals surface area contributed by atoms with Crippen molar-refractivity contribution in [1.29, 1.82) is 0 Å². The Morgan fingerprint density at radius 1 is 1.11 bits per heavy atom. The van der Waals surface area contributed by atoms with Gasteiger partial charge in [-0.25, -0.2) is 0 Å². The van der Waals surface area contributed by atoms with Crippen LogP contribution in [0.5, 0.6) is 0 Å². The molecule has 2 unspecified atom stereocenters. The molecule has 152 valence electrons. The maximum Gasteiger partial charge on any atom is 0.253 e. The second-order valence-electron chi connectivity index (χ2n) is 7.23. The average Bonchev–Trinajstić information content (AvgIpc) is 2.67. The van der Waals surface area contributed by atoms with E-state index in [9.17, 15) is 9.59 Å². The van der Waals surface area contributed by atoms with Crippen molar-refractivity contribution in [3.8, 4) is 0 Å². The molecule has 2 amide bonds. The van der Waals surface area contributed by atoms with Crippen LogP contribution in [0.3, 0.4) is 0 Å². The quantitative estimate of drug-likeness (QED) is 0.705. The van der Waals surface area contributed by atoms with E-state index in [-0.39, 0.29) is 30.3 Å². The number of hydrogen-bond donors (Lipinski definition) is 2. The van der Waals surface area contributed by atoms with Gasteiger partial charge in [-0.3, -0.25) is 9.59 Å². The number of carbonyl (C=O) groups is 2. The van der Waals surface area contributed by atoms with Gasteiger partial charge in [-0.15, -0.1) is 12.4 Å². The van der Waals surface area contributed by atoms with Crippen molar-refractivity contribution in [1.82, 2.24) is 10.2 Å². The van der Waals surface area contributed by atoms with Crippen LogP contribution in [-0.2, 0) is 0 Å². The van der Waals surface area contributed by atoms with Gasteiger partial charge in [0.1, 0.15) is 0 Å². The molecule has 2 rings (SSSR count). The van der Waals surface area contributed by atoms with E-state index in [1.54, 1.807) is 24.3 Å². The first-order valence-electron chi connectivity index (χ1n) is 10.0. The average molecular weight is 396 g/mol. The van der Waals surface area contributed by atoms with Crippen molar-refractivity contribution < 1.29 is 9.59 Å². The molecule has 1 aromatic rings. The number of halogens is 1. The van der Waals surface area contributed by atoms with E-state index in [2.05, 4.69) is 19.2 Å². The molecule has 1 aliphatic carbocycles. The number of hydrogen-bond acceptors (Lipinski definition) is 3. The summed E-state index contributed by atoms with van der Waals surface area (Å²) in [6.45, 7) is 6.22. The molecule has 0 radical (unpaired) electrons. The van der Waals surface area contributed by atoms with E-state index < -0.39 is 0 Å². The number of nitrogens with zero attached hydrogens (tertiary/aromatic N) is 1. The van der Waals surface area contributed by atoms with Crippen molar-refractivity contribution >= 4 is 24.2 Å². The third-order valence-corrected chi connectivity index (χ3v) is 5.17. The highest BCUT2D eigenvalue weighted by Crippen LogP contribution is 2.24. The molecule has 2 atom stereocenters. The first kappa shape index (κ1) is 23.4. The largest absolute Gasteiger partial charge is 0.349 e. The normalized spacial score (nSPS) is 19.1. The Labute approximate surface area is 169 Å². The molecule has 0 bridgehead atoms. The molecular weight excluding hydrogens is 362 g/mol. The highest BCUT2D eigenvalue weighted by Gasteiger charge is 2.26. The smallest absolute Gasteiger partial charge is 0.253 e. The number of nitrogens with two attached hydrogens (primary N) is 1. The highest BCUT2D eigenvalue weighted by molar-refractivity contribution is 5.99. The Kier molecular flexibility index (Phi) is 10.4. The van der Waals surface area contributed by atoms with Crippen LogP contribution in [0.25, 0.3) is 0 Å². The van der Waals surface area contributed by atoms with Crippen molar-refractivity contribution in [3.05, 3.63) is 35.4 Å². The third-order valence-electron chi connectivity index (χ3n) is 5.17. The summed E-state index contributed by atoms with van der Waals surface area (Å²) < 4.78 is 0. The lowest BCUT2D eigenvalue weighted by atomic mass is 9.84. The maximum atomic E-state index is 12.8. The number of amides is 2. The lowest BCUT2D eigenvalue weighted by molar-refractivity contribution is 0.0755. The van der Waals surface area contributed by atoms with Gasteiger partial charge in [0.25, 0.3) is 11.8 Å². The molecule has 5 nitrogen and oxygen atoms in total.